The van der Waals surface area contributed by atoms with Crippen LogP contribution < -0.4 is 10.1 Å². The largest absolute Gasteiger partial charge is 0.497 e. The molecule has 2 aromatic rings. The van der Waals surface area contributed by atoms with E-state index in [1.165, 1.54) is 10.6 Å². The molecule has 3 nitrogen and oxygen atoms in total. The van der Waals surface area contributed by atoms with Crippen LogP contribution in [0.3, 0.4) is 0 Å². The molecule has 0 saturated carbocycles. The maximum atomic E-state index is 5.18. The van der Waals surface area contributed by atoms with Gasteiger partial charge >= 0.3 is 0 Å². The van der Waals surface area contributed by atoms with Crippen LogP contribution in [0, 0.1) is 6.92 Å². The van der Waals surface area contributed by atoms with E-state index >= 15 is 0 Å². The Morgan fingerprint density at radius 2 is 2.05 bits per heavy atom. The van der Waals surface area contributed by atoms with Crippen molar-refractivity contribution < 1.29 is 4.74 Å². The topological polar surface area (TPSA) is 34.1 Å². The van der Waals surface area contributed by atoms with Crippen LogP contribution >= 0.6 is 11.3 Å². The predicted octanol–water partition coefficient (Wildman–Crippen LogP) is 3.22. The van der Waals surface area contributed by atoms with Gasteiger partial charge in [0.25, 0.3) is 0 Å². The van der Waals surface area contributed by atoms with Crippen molar-refractivity contribution in [3.05, 3.63) is 45.9 Å². The molecule has 108 valence electrons. The van der Waals surface area contributed by atoms with E-state index < -0.39 is 0 Å². The highest BCUT2D eigenvalue weighted by molar-refractivity contribution is 7.09. The van der Waals surface area contributed by atoms with Gasteiger partial charge in [0.2, 0.25) is 0 Å². The van der Waals surface area contributed by atoms with Crippen molar-refractivity contribution in [1.82, 2.24) is 10.3 Å². The molecule has 0 fully saturated rings. The number of aromatic nitrogens is 1. The second-order valence-electron chi connectivity index (χ2n) is 4.96. The Balaban J connectivity index is 1.86. The van der Waals surface area contributed by atoms with Gasteiger partial charge in [0.05, 0.1) is 12.1 Å². The molecule has 1 aromatic carbocycles. The number of nitrogens with zero attached hydrogens (tertiary/aromatic N) is 1. The maximum Gasteiger partial charge on any atom is 0.118 e. The minimum absolute atomic E-state index is 0.475. The van der Waals surface area contributed by atoms with Crippen LogP contribution in [-0.2, 0) is 12.8 Å². The van der Waals surface area contributed by atoms with Gasteiger partial charge in [0.1, 0.15) is 5.75 Å². The first-order chi connectivity index (χ1) is 9.71. The SMILES string of the molecule is CNC(CCc1ccc(OC)cc1)Cc1nc(C)cs1. The molecule has 4 heteroatoms. The van der Waals surface area contributed by atoms with Gasteiger partial charge in [-0.05, 0) is 44.5 Å². The predicted molar refractivity (Wildman–Crippen MR) is 84.7 cm³/mol. The third kappa shape index (κ3) is 4.32. The number of nitrogens with one attached hydrogen (secondary N) is 1. The molecular formula is C16H22N2OS. The van der Waals surface area contributed by atoms with Crippen molar-refractivity contribution in [3.8, 4) is 5.75 Å². The fraction of sp³-hybridized carbons (Fsp3) is 0.438. The van der Waals surface area contributed by atoms with Crippen molar-refractivity contribution >= 4 is 11.3 Å². The highest BCUT2D eigenvalue weighted by atomic mass is 32.1. The fourth-order valence-corrected chi connectivity index (χ4v) is 3.04. The molecule has 20 heavy (non-hydrogen) atoms. The lowest BCUT2D eigenvalue weighted by Gasteiger charge is -2.14. The zero-order valence-electron chi connectivity index (χ0n) is 12.3. The van der Waals surface area contributed by atoms with E-state index in [4.69, 9.17) is 4.74 Å². The third-order valence-electron chi connectivity index (χ3n) is 3.44. The van der Waals surface area contributed by atoms with Crippen LogP contribution in [-0.4, -0.2) is 25.2 Å². The molecule has 1 atom stereocenters. The number of aryl methyl sites for hydroxylation is 2. The van der Waals surface area contributed by atoms with Gasteiger partial charge in [0.15, 0.2) is 0 Å². The number of ether oxygens (including phenoxy) is 1. The average Bonchev–Trinajstić information content (AvgIpc) is 2.89. The molecule has 1 heterocycles. The van der Waals surface area contributed by atoms with E-state index in [2.05, 4.69) is 27.8 Å². The zero-order valence-corrected chi connectivity index (χ0v) is 13.2. The number of hydrogen-bond donors (Lipinski definition) is 1. The van der Waals surface area contributed by atoms with Gasteiger partial charge in [0, 0.05) is 23.5 Å². The third-order valence-corrected chi connectivity index (χ3v) is 4.43. The van der Waals surface area contributed by atoms with E-state index in [-0.39, 0.29) is 0 Å². The molecule has 1 aromatic heterocycles. The Morgan fingerprint density at radius 1 is 1.30 bits per heavy atom. The molecule has 0 amide bonds. The summed E-state index contributed by atoms with van der Waals surface area (Å²) in [5, 5.41) is 6.73. The van der Waals surface area contributed by atoms with Gasteiger partial charge in [-0.1, -0.05) is 12.1 Å². The summed E-state index contributed by atoms with van der Waals surface area (Å²) in [6.07, 6.45) is 3.19. The van der Waals surface area contributed by atoms with Crippen LogP contribution in [0.2, 0.25) is 0 Å². The molecule has 0 aliphatic carbocycles. The van der Waals surface area contributed by atoms with Gasteiger partial charge in [-0.3, -0.25) is 0 Å². The summed E-state index contributed by atoms with van der Waals surface area (Å²) in [7, 11) is 3.72. The smallest absolute Gasteiger partial charge is 0.118 e. The standard InChI is InChI=1S/C16H22N2OS/c1-12-11-20-16(18-12)10-14(17-2)7-4-13-5-8-15(19-3)9-6-13/h5-6,8-9,11,14,17H,4,7,10H2,1-3H3. The monoisotopic (exact) mass is 290 g/mol. The molecule has 0 aliphatic rings. The van der Waals surface area contributed by atoms with Gasteiger partial charge in [-0.2, -0.15) is 0 Å². The van der Waals surface area contributed by atoms with Crippen LogP contribution in [0.5, 0.6) is 5.75 Å². The minimum atomic E-state index is 0.475. The quantitative estimate of drug-likeness (QED) is 0.850. The van der Waals surface area contributed by atoms with E-state index in [0.29, 0.717) is 6.04 Å². The Kier molecular flexibility index (Phi) is 5.56. The summed E-state index contributed by atoms with van der Waals surface area (Å²) in [5.74, 6) is 0.914. The number of likely N-dealkylation sites (N-methyl/N-ethyl adjacent to an activating group) is 1. The second kappa shape index (κ2) is 7.41. The fourth-order valence-electron chi connectivity index (χ4n) is 2.19. The van der Waals surface area contributed by atoms with Crippen LogP contribution in [0.15, 0.2) is 29.6 Å². The normalized spacial score (nSPS) is 12.3. The molecule has 0 spiro atoms. The van der Waals surface area contributed by atoms with Gasteiger partial charge in [-0.25, -0.2) is 4.98 Å². The second-order valence-corrected chi connectivity index (χ2v) is 5.90. The Labute approximate surface area is 125 Å². The van der Waals surface area contributed by atoms with Crippen LogP contribution in [0.25, 0.3) is 0 Å². The van der Waals surface area contributed by atoms with E-state index in [1.807, 2.05) is 26.1 Å². The summed E-state index contributed by atoms with van der Waals surface area (Å²) >= 11 is 1.75. The van der Waals surface area contributed by atoms with Crippen molar-refractivity contribution in [2.75, 3.05) is 14.2 Å². The van der Waals surface area contributed by atoms with Gasteiger partial charge < -0.3 is 10.1 Å². The molecule has 1 N–H and O–H groups in total. The summed E-state index contributed by atoms with van der Waals surface area (Å²) in [6, 6.07) is 8.79. The number of rotatable bonds is 7. The summed E-state index contributed by atoms with van der Waals surface area (Å²) < 4.78 is 5.18. The highest BCUT2D eigenvalue weighted by Gasteiger charge is 2.10. The summed E-state index contributed by atoms with van der Waals surface area (Å²) in [6.45, 7) is 2.05. The molecular weight excluding hydrogens is 268 g/mol. The molecule has 0 aliphatic heterocycles. The first kappa shape index (κ1) is 15.0. The Hall–Kier alpha value is -1.39. The molecule has 0 bridgehead atoms. The van der Waals surface area contributed by atoms with E-state index in [9.17, 15) is 0 Å². The lowest BCUT2D eigenvalue weighted by Crippen LogP contribution is -2.28. The molecule has 1 unspecified atom stereocenters. The molecule has 0 saturated heterocycles. The Bertz CT molecular complexity index is 522. The number of methoxy groups -OCH3 is 1. The minimum Gasteiger partial charge on any atom is -0.497 e. The lowest BCUT2D eigenvalue weighted by atomic mass is 10.0. The summed E-state index contributed by atoms with van der Waals surface area (Å²) in [4.78, 5) is 4.54. The Morgan fingerprint density at radius 3 is 2.60 bits per heavy atom. The average molecular weight is 290 g/mol. The van der Waals surface area contributed by atoms with Crippen LogP contribution in [0.4, 0.5) is 0 Å². The maximum absolute atomic E-state index is 5.18. The first-order valence-electron chi connectivity index (χ1n) is 6.92. The van der Waals surface area contributed by atoms with Crippen molar-refractivity contribution in [2.24, 2.45) is 0 Å². The molecule has 2 rings (SSSR count). The summed E-state index contributed by atoms with van der Waals surface area (Å²) in [5.41, 5.74) is 2.47. The van der Waals surface area contributed by atoms with Gasteiger partial charge in [-0.15, -0.1) is 11.3 Å². The number of benzene rings is 1. The first-order valence-corrected chi connectivity index (χ1v) is 7.80. The lowest BCUT2D eigenvalue weighted by molar-refractivity contribution is 0.414. The van der Waals surface area contributed by atoms with Crippen molar-refractivity contribution in [3.63, 3.8) is 0 Å². The van der Waals surface area contributed by atoms with E-state index in [0.717, 1.165) is 30.7 Å². The number of thiazole rings is 1. The van der Waals surface area contributed by atoms with Crippen molar-refractivity contribution in [1.29, 1.82) is 0 Å². The molecule has 0 radical (unpaired) electrons. The van der Waals surface area contributed by atoms with Crippen LogP contribution in [0.1, 0.15) is 22.7 Å². The van der Waals surface area contributed by atoms with Crippen molar-refractivity contribution in [2.45, 2.75) is 32.2 Å². The zero-order chi connectivity index (χ0) is 14.4. The highest BCUT2D eigenvalue weighted by Crippen LogP contribution is 2.16. The number of hydrogen-bond acceptors (Lipinski definition) is 4. The van der Waals surface area contributed by atoms with E-state index in [1.54, 1.807) is 18.4 Å².